The number of rotatable bonds is 2. The Labute approximate surface area is 58.6 Å². The molecule has 0 saturated carbocycles. The Morgan fingerprint density at radius 1 is 1.70 bits per heavy atom. The third-order valence-electron chi connectivity index (χ3n) is 1.18. The SMILES string of the molecule is COc1cc(C)oc1C=O. The van der Waals surface area contributed by atoms with Crippen LogP contribution in [0, 0.1) is 6.92 Å². The van der Waals surface area contributed by atoms with Crippen LogP contribution in [0.1, 0.15) is 16.3 Å². The van der Waals surface area contributed by atoms with Crippen LogP contribution in [0.3, 0.4) is 0 Å². The Morgan fingerprint density at radius 2 is 2.40 bits per heavy atom. The fraction of sp³-hybridized carbons (Fsp3) is 0.286. The molecule has 1 rings (SSSR count). The van der Waals surface area contributed by atoms with Gasteiger partial charge in [-0.05, 0) is 6.92 Å². The summed E-state index contributed by atoms with van der Waals surface area (Å²) in [7, 11) is 1.50. The molecule has 0 aliphatic rings. The molecule has 0 amide bonds. The highest BCUT2D eigenvalue weighted by atomic mass is 16.5. The molecule has 10 heavy (non-hydrogen) atoms. The minimum atomic E-state index is 0.250. The number of ether oxygens (including phenoxy) is 1. The van der Waals surface area contributed by atoms with Crippen molar-refractivity contribution in [2.75, 3.05) is 7.11 Å². The Kier molecular flexibility index (Phi) is 1.76. The largest absolute Gasteiger partial charge is 0.493 e. The number of furan rings is 1. The first-order valence-electron chi connectivity index (χ1n) is 2.87. The highest BCUT2D eigenvalue weighted by Gasteiger charge is 2.06. The molecule has 1 aromatic rings. The normalized spacial score (nSPS) is 9.40. The smallest absolute Gasteiger partial charge is 0.208 e. The van der Waals surface area contributed by atoms with E-state index >= 15 is 0 Å². The van der Waals surface area contributed by atoms with E-state index < -0.39 is 0 Å². The Bertz CT molecular complexity index is 237. The average molecular weight is 140 g/mol. The van der Waals surface area contributed by atoms with Crippen LogP contribution in [0.25, 0.3) is 0 Å². The van der Waals surface area contributed by atoms with E-state index in [1.165, 1.54) is 7.11 Å². The molecule has 0 aliphatic carbocycles. The molecule has 0 aliphatic heterocycles. The van der Waals surface area contributed by atoms with Gasteiger partial charge in [-0.25, -0.2) is 0 Å². The summed E-state index contributed by atoms with van der Waals surface area (Å²) in [4.78, 5) is 10.2. The monoisotopic (exact) mass is 140 g/mol. The van der Waals surface area contributed by atoms with Gasteiger partial charge in [-0.15, -0.1) is 0 Å². The first-order valence-corrected chi connectivity index (χ1v) is 2.87. The summed E-state index contributed by atoms with van der Waals surface area (Å²) in [5.41, 5.74) is 0. The molecule has 1 aromatic heterocycles. The van der Waals surface area contributed by atoms with E-state index in [1.54, 1.807) is 13.0 Å². The van der Waals surface area contributed by atoms with E-state index in [2.05, 4.69) is 0 Å². The third-order valence-corrected chi connectivity index (χ3v) is 1.18. The molecule has 0 aromatic carbocycles. The molecule has 0 atom stereocenters. The zero-order chi connectivity index (χ0) is 7.56. The number of carbonyl (C=O) groups is 1. The molecular formula is C7H8O3. The lowest BCUT2D eigenvalue weighted by molar-refractivity contribution is 0.109. The maximum Gasteiger partial charge on any atom is 0.208 e. The second-order valence-corrected chi connectivity index (χ2v) is 1.91. The Morgan fingerprint density at radius 3 is 2.80 bits per heavy atom. The maximum absolute atomic E-state index is 10.2. The Hall–Kier alpha value is -1.25. The third kappa shape index (κ3) is 1.03. The first kappa shape index (κ1) is 6.86. The van der Waals surface area contributed by atoms with E-state index in [1.807, 2.05) is 0 Å². The van der Waals surface area contributed by atoms with Crippen LogP contribution in [0.4, 0.5) is 0 Å². The lowest BCUT2D eigenvalue weighted by Gasteiger charge is -1.90. The summed E-state index contributed by atoms with van der Waals surface area (Å²) in [6.07, 6.45) is 0.631. The van der Waals surface area contributed by atoms with Crippen LogP contribution < -0.4 is 4.74 Å². The molecule has 0 saturated heterocycles. The van der Waals surface area contributed by atoms with Gasteiger partial charge in [-0.1, -0.05) is 0 Å². The number of carbonyl (C=O) groups excluding carboxylic acids is 1. The van der Waals surface area contributed by atoms with Gasteiger partial charge in [0.1, 0.15) is 5.76 Å². The van der Waals surface area contributed by atoms with Crippen molar-refractivity contribution in [2.24, 2.45) is 0 Å². The maximum atomic E-state index is 10.2. The number of hydrogen-bond donors (Lipinski definition) is 0. The van der Waals surface area contributed by atoms with E-state index in [-0.39, 0.29) is 5.76 Å². The first-order chi connectivity index (χ1) is 4.77. The number of hydrogen-bond acceptors (Lipinski definition) is 3. The lowest BCUT2D eigenvalue weighted by atomic mass is 10.4. The predicted octanol–water partition coefficient (Wildman–Crippen LogP) is 1.41. The molecule has 1 heterocycles. The fourth-order valence-electron chi connectivity index (χ4n) is 0.751. The molecule has 3 heteroatoms. The van der Waals surface area contributed by atoms with Gasteiger partial charge in [-0.2, -0.15) is 0 Å². The predicted molar refractivity (Wildman–Crippen MR) is 35.4 cm³/mol. The van der Waals surface area contributed by atoms with Gasteiger partial charge in [0, 0.05) is 6.07 Å². The zero-order valence-corrected chi connectivity index (χ0v) is 5.88. The van der Waals surface area contributed by atoms with Gasteiger partial charge in [-0.3, -0.25) is 4.79 Å². The van der Waals surface area contributed by atoms with Crippen LogP contribution in [0.2, 0.25) is 0 Å². The van der Waals surface area contributed by atoms with Crippen molar-refractivity contribution < 1.29 is 13.9 Å². The van der Waals surface area contributed by atoms with Crippen molar-refractivity contribution in [2.45, 2.75) is 6.92 Å². The van der Waals surface area contributed by atoms with E-state index in [0.717, 1.165) is 0 Å². The number of aldehydes is 1. The minimum absolute atomic E-state index is 0.250. The lowest BCUT2D eigenvalue weighted by Crippen LogP contribution is -1.83. The van der Waals surface area contributed by atoms with E-state index in [0.29, 0.717) is 17.8 Å². The number of methoxy groups -OCH3 is 1. The summed E-state index contributed by atoms with van der Waals surface area (Å²) in [6.45, 7) is 1.76. The van der Waals surface area contributed by atoms with Crippen molar-refractivity contribution in [1.82, 2.24) is 0 Å². The molecule has 0 bridgehead atoms. The van der Waals surface area contributed by atoms with Crippen LogP contribution in [-0.4, -0.2) is 13.4 Å². The molecule has 0 spiro atoms. The minimum Gasteiger partial charge on any atom is -0.493 e. The molecule has 0 N–H and O–H groups in total. The highest BCUT2D eigenvalue weighted by Crippen LogP contribution is 2.20. The van der Waals surface area contributed by atoms with Gasteiger partial charge in [0.15, 0.2) is 12.0 Å². The second kappa shape index (κ2) is 2.56. The van der Waals surface area contributed by atoms with Gasteiger partial charge < -0.3 is 9.15 Å². The second-order valence-electron chi connectivity index (χ2n) is 1.91. The summed E-state index contributed by atoms with van der Waals surface area (Å²) in [5, 5.41) is 0. The van der Waals surface area contributed by atoms with Crippen LogP contribution in [-0.2, 0) is 0 Å². The van der Waals surface area contributed by atoms with Crippen LogP contribution in [0.15, 0.2) is 10.5 Å². The van der Waals surface area contributed by atoms with E-state index in [9.17, 15) is 4.79 Å². The molecule has 0 unspecified atom stereocenters. The summed E-state index contributed by atoms with van der Waals surface area (Å²) in [5.74, 6) is 1.42. The Balaban J connectivity index is 3.08. The van der Waals surface area contributed by atoms with Crippen molar-refractivity contribution in [3.05, 3.63) is 17.6 Å². The summed E-state index contributed by atoms with van der Waals surface area (Å²) in [6, 6.07) is 1.67. The highest BCUT2D eigenvalue weighted by molar-refractivity contribution is 5.75. The molecular weight excluding hydrogens is 132 g/mol. The molecule has 0 radical (unpaired) electrons. The quantitative estimate of drug-likeness (QED) is 0.583. The summed E-state index contributed by atoms with van der Waals surface area (Å²) < 4.78 is 9.79. The molecule has 3 nitrogen and oxygen atoms in total. The fourth-order valence-corrected chi connectivity index (χ4v) is 0.751. The van der Waals surface area contributed by atoms with Crippen molar-refractivity contribution in [3.8, 4) is 5.75 Å². The summed E-state index contributed by atoms with van der Waals surface area (Å²) >= 11 is 0. The van der Waals surface area contributed by atoms with Crippen molar-refractivity contribution in [1.29, 1.82) is 0 Å². The van der Waals surface area contributed by atoms with Gasteiger partial charge >= 0.3 is 0 Å². The van der Waals surface area contributed by atoms with Crippen molar-refractivity contribution >= 4 is 6.29 Å². The topological polar surface area (TPSA) is 39.4 Å². The van der Waals surface area contributed by atoms with Gasteiger partial charge in [0.2, 0.25) is 5.76 Å². The van der Waals surface area contributed by atoms with Gasteiger partial charge in [0.25, 0.3) is 0 Å². The van der Waals surface area contributed by atoms with E-state index in [4.69, 9.17) is 9.15 Å². The number of aryl methyl sites for hydroxylation is 1. The molecule has 0 fully saturated rings. The van der Waals surface area contributed by atoms with Crippen LogP contribution >= 0.6 is 0 Å². The average Bonchev–Trinajstić information content (AvgIpc) is 2.30. The van der Waals surface area contributed by atoms with Gasteiger partial charge in [0.05, 0.1) is 7.11 Å². The van der Waals surface area contributed by atoms with Crippen LogP contribution in [0.5, 0.6) is 5.75 Å². The zero-order valence-electron chi connectivity index (χ0n) is 5.88. The van der Waals surface area contributed by atoms with Crippen molar-refractivity contribution in [3.63, 3.8) is 0 Å². The standard InChI is InChI=1S/C7H8O3/c1-5-3-6(9-2)7(4-8)10-5/h3-4H,1-2H3. The molecule has 54 valence electrons.